The van der Waals surface area contributed by atoms with Gasteiger partial charge in [-0.1, -0.05) is 17.7 Å². The molecular formula is C17H15ClN4O. The molecule has 0 saturated heterocycles. The van der Waals surface area contributed by atoms with Crippen molar-refractivity contribution in [3.05, 3.63) is 58.2 Å². The molecule has 0 atom stereocenters. The highest BCUT2D eigenvalue weighted by atomic mass is 35.5. The second-order valence-electron chi connectivity index (χ2n) is 5.65. The third-order valence-corrected chi connectivity index (χ3v) is 4.34. The summed E-state index contributed by atoms with van der Waals surface area (Å²) in [5.41, 5.74) is 4.61. The van der Waals surface area contributed by atoms with E-state index in [1.165, 1.54) is 11.1 Å². The van der Waals surface area contributed by atoms with Crippen molar-refractivity contribution in [3.63, 3.8) is 0 Å². The van der Waals surface area contributed by atoms with Gasteiger partial charge in [0, 0.05) is 22.6 Å². The van der Waals surface area contributed by atoms with Crippen LogP contribution >= 0.6 is 11.6 Å². The van der Waals surface area contributed by atoms with Crippen molar-refractivity contribution in [1.82, 2.24) is 15.5 Å². The maximum atomic E-state index is 12.6. The lowest BCUT2D eigenvalue weighted by molar-refractivity contribution is 0.102. The summed E-state index contributed by atoms with van der Waals surface area (Å²) in [5.74, 6) is -0.192. The number of amides is 1. The molecule has 1 amide bonds. The minimum absolute atomic E-state index is 0.192. The Labute approximate surface area is 138 Å². The van der Waals surface area contributed by atoms with E-state index in [0.29, 0.717) is 10.6 Å². The van der Waals surface area contributed by atoms with Gasteiger partial charge in [0.25, 0.3) is 5.91 Å². The fourth-order valence-corrected chi connectivity index (χ4v) is 3.18. The molecule has 3 aromatic rings. The van der Waals surface area contributed by atoms with Crippen molar-refractivity contribution in [2.75, 3.05) is 11.9 Å². The topological polar surface area (TPSA) is 69.8 Å². The van der Waals surface area contributed by atoms with Crippen LogP contribution in [0.1, 0.15) is 21.5 Å². The van der Waals surface area contributed by atoms with Crippen molar-refractivity contribution < 1.29 is 4.79 Å². The number of fused-ring (bicyclic) bond motifs is 2. The van der Waals surface area contributed by atoms with Gasteiger partial charge in [0.05, 0.1) is 17.3 Å². The zero-order valence-electron chi connectivity index (χ0n) is 12.3. The molecule has 1 aromatic heterocycles. The Morgan fingerprint density at radius 3 is 3.04 bits per heavy atom. The van der Waals surface area contributed by atoms with Crippen molar-refractivity contribution in [2.45, 2.75) is 13.0 Å². The Kier molecular flexibility index (Phi) is 3.52. The number of hydrogen-bond acceptors (Lipinski definition) is 3. The number of aromatic amines is 1. The number of nitrogens with zero attached hydrogens (tertiary/aromatic N) is 1. The summed E-state index contributed by atoms with van der Waals surface area (Å²) in [6.45, 7) is 1.84. The summed E-state index contributed by atoms with van der Waals surface area (Å²) in [6.07, 6.45) is 2.66. The molecule has 0 saturated carbocycles. The zero-order chi connectivity index (χ0) is 15.8. The monoisotopic (exact) mass is 326 g/mol. The number of benzene rings is 2. The predicted octanol–water partition coefficient (Wildman–Crippen LogP) is 3.11. The van der Waals surface area contributed by atoms with Crippen molar-refractivity contribution in [2.24, 2.45) is 0 Å². The first kappa shape index (κ1) is 14.2. The van der Waals surface area contributed by atoms with E-state index in [1.807, 2.05) is 12.1 Å². The van der Waals surface area contributed by atoms with Gasteiger partial charge in [0.15, 0.2) is 0 Å². The van der Waals surface area contributed by atoms with E-state index in [2.05, 4.69) is 26.9 Å². The van der Waals surface area contributed by atoms with Crippen LogP contribution in [0.15, 0.2) is 36.5 Å². The molecule has 4 rings (SSSR count). The lowest BCUT2D eigenvalue weighted by Crippen LogP contribution is -2.23. The lowest BCUT2D eigenvalue weighted by atomic mass is 10.0. The molecule has 2 heterocycles. The van der Waals surface area contributed by atoms with Gasteiger partial charge in [-0.2, -0.15) is 5.10 Å². The number of carbonyl (C=O) groups excluding carboxylic acids is 1. The van der Waals surface area contributed by atoms with Crippen LogP contribution in [0, 0.1) is 0 Å². The van der Waals surface area contributed by atoms with Crippen molar-refractivity contribution in [1.29, 1.82) is 0 Å². The first-order valence-electron chi connectivity index (χ1n) is 7.47. The van der Waals surface area contributed by atoms with Crippen LogP contribution in [0.25, 0.3) is 10.9 Å². The van der Waals surface area contributed by atoms with Gasteiger partial charge in [-0.15, -0.1) is 0 Å². The minimum atomic E-state index is -0.192. The Bertz CT molecular complexity index is 903. The number of rotatable bonds is 2. The standard InChI is InChI=1S/C17H15ClN4O/c18-12-6-14(15-9-20-22-16(15)7-12)17(23)21-13-2-1-10-3-4-19-8-11(10)5-13/h1-2,5-7,9,19H,3-4,8H2,(H,20,22)(H,21,23). The van der Waals surface area contributed by atoms with E-state index < -0.39 is 0 Å². The second kappa shape index (κ2) is 5.68. The van der Waals surface area contributed by atoms with Gasteiger partial charge in [-0.3, -0.25) is 9.89 Å². The first-order valence-corrected chi connectivity index (χ1v) is 7.85. The van der Waals surface area contributed by atoms with E-state index >= 15 is 0 Å². The number of hydrogen-bond donors (Lipinski definition) is 3. The summed E-state index contributed by atoms with van der Waals surface area (Å²) in [7, 11) is 0. The van der Waals surface area contributed by atoms with Gasteiger partial charge < -0.3 is 10.6 Å². The number of carbonyl (C=O) groups is 1. The van der Waals surface area contributed by atoms with Gasteiger partial charge in [-0.25, -0.2) is 0 Å². The van der Waals surface area contributed by atoms with Crippen LogP contribution in [0.4, 0.5) is 5.69 Å². The highest BCUT2D eigenvalue weighted by Gasteiger charge is 2.15. The molecule has 0 aliphatic carbocycles. The molecule has 0 radical (unpaired) electrons. The summed E-state index contributed by atoms with van der Waals surface area (Å²) < 4.78 is 0. The maximum Gasteiger partial charge on any atom is 0.256 e. The number of anilines is 1. The molecule has 23 heavy (non-hydrogen) atoms. The minimum Gasteiger partial charge on any atom is -0.322 e. The van der Waals surface area contributed by atoms with Gasteiger partial charge in [0.2, 0.25) is 0 Å². The average molecular weight is 327 g/mol. The summed E-state index contributed by atoms with van der Waals surface area (Å²) in [6, 6.07) is 9.47. The van der Waals surface area contributed by atoms with E-state index in [1.54, 1.807) is 18.3 Å². The van der Waals surface area contributed by atoms with E-state index in [4.69, 9.17) is 11.6 Å². The average Bonchev–Trinajstić information content (AvgIpc) is 3.02. The number of H-pyrrole nitrogens is 1. The molecule has 2 aromatic carbocycles. The molecule has 0 fully saturated rings. The second-order valence-corrected chi connectivity index (χ2v) is 6.09. The van der Waals surface area contributed by atoms with Gasteiger partial charge >= 0.3 is 0 Å². The van der Waals surface area contributed by atoms with Crippen LogP contribution < -0.4 is 10.6 Å². The summed E-state index contributed by atoms with van der Waals surface area (Å²) >= 11 is 6.09. The Morgan fingerprint density at radius 1 is 1.22 bits per heavy atom. The SMILES string of the molecule is O=C(Nc1ccc2c(c1)CNCC2)c1cc(Cl)cc2[nH]ncc12. The normalized spacial score (nSPS) is 13.8. The predicted molar refractivity (Wildman–Crippen MR) is 90.9 cm³/mol. The molecule has 5 nitrogen and oxygen atoms in total. The quantitative estimate of drug-likeness (QED) is 0.677. The van der Waals surface area contributed by atoms with Crippen LogP contribution in [0.2, 0.25) is 5.02 Å². The fraction of sp³-hybridized carbons (Fsp3) is 0.176. The number of nitrogens with one attached hydrogen (secondary N) is 3. The summed E-state index contributed by atoms with van der Waals surface area (Å²) in [5, 5.41) is 14.4. The number of halogens is 1. The largest absolute Gasteiger partial charge is 0.322 e. The molecule has 116 valence electrons. The Balaban J connectivity index is 1.65. The zero-order valence-corrected chi connectivity index (χ0v) is 13.1. The van der Waals surface area contributed by atoms with Crippen LogP contribution in [0.5, 0.6) is 0 Å². The molecule has 6 heteroatoms. The summed E-state index contributed by atoms with van der Waals surface area (Å²) in [4.78, 5) is 12.6. The molecular weight excluding hydrogens is 312 g/mol. The molecule has 0 spiro atoms. The smallest absolute Gasteiger partial charge is 0.256 e. The van der Waals surface area contributed by atoms with E-state index in [0.717, 1.165) is 36.1 Å². The Morgan fingerprint density at radius 2 is 2.13 bits per heavy atom. The molecule has 0 bridgehead atoms. The highest BCUT2D eigenvalue weighted by Crippen LogP contribution is 2.24. The van der Waals surface area contributed by atoms with Crippen LogP contribution in [-0.2, 0) is 13.0 Å². The van der Waals surface area contributed by atoms with E-state index in [-0.39, 0.29) is 5.91 Å². The number of aromatic nitrogens is 2. The third-order valence-electron chi connectivity index (χ3n) is 4.12. The van der Waals surface area contributed by atoms with Crippen molar-refractivity contribution in [3.8, 4) is 0 Å². The van der Waals surface area contributed by atoms with E-state index in [9.17, 15) is 4.79 Å². The Hall–Kier alpha value is -2.37. The fourth-order valence-electron chi connectivity index (χ4n) is 2.96. The van der Waals surface area contributed by atoms with Crippen LogP contribution in [-0.4, -0.2) is 22.6 Å². The van der Waals surface area contributed by atoms with Crippen molar-refractivity contribution >= 4 is 34.1 Å². The maximum absolute atomic E-state index is 12.6. The molecule has 3 N–H and O–H groups in total. The highest BCUT2D eigenvalue weighted by molar-refractivity contribution is 6.32. The molecule has 1 aliphatic rings. The lowest BCUT2D eigenvalue weighted by Gasteiger charge is -2.18. The molecule has 1 aliphatic heterocycles. The molecule has 0 unspecified atom stereocenters. The third kappa shape index (κ3) is 2.69. The first-order chi connectivity index (χ1) is 11.2. The van der Waals surface area contributed by atoms with Gasteiger partial charge in [-0.05, 0) is 48.4 Å². The van der Waals surface area contributed by atoms with Gasteiger partial charge in [0.1, 0.15) is 0 Å². The van der Waals surface area contributed by atoms with Crippen LogP contribution in [0.3, 0.4) is 0 Å².